The number of ether oxygens (including phenoxy) is 1. The van der Waals surface area contributed by atoms with E-state index < -0.39 is 11.7 Å². The Hall–Kier alpha value is -2.68. The Morgan fingerprint density at radius 2 is 1.63 bits per heavy atom. The van der Waals surface area contributed by atoms with Gasteiger partial charge in [-0.1, -0.05) is 12.1 Å². The molecular formula is C18H18F3N5O. The molecule has 0 amide bonds. The van der Waals surface area contributed by atoms with Crippen LogP contribution in [0.25, 0.3) is 17.0 Å². The van der Waals surface area contributed by atoms with Gasteiger partial charge >= 0.3 is 6.18 Å². The number of alkyl halides is 3. The molecule has 0 aliphatic carbocycles. The molecule has 2 aromatic heterocycles. The van der Waals surface area contributed by atoms with Gasteiger partial charge < -0.3 is 9.64 Å². The summed E-state index contributed by atoms with van der Waals surface area (Å²) in [5.74, 6) is 1.15. The van der Waals surface area contributed by atoms with Crippen molar-refractivity contribution in [1.82, 2.24) is 19.8 Å². The lowest BCUT2D eigenvalue weighted by Gasteiger charge is -2.35. The number of halogens is 3. The molecule has 1 aliphatic rings. The van der Waals surface area contributed by atoms with Crippen LogP contribution >= 0.6 is 0 Å². The van der Waals surface area contributed by atoms with Gasteiger partial charge in [0.2, 0.25) is 0 Å². The molecule has 142 valence electrons. The Morgan fingerprint density at radius 3 is 2.26 bits per heavy atom. The molecule has 6 nitrogen and oxygen atoms in total. The van der Waals surface area contributed by atoms with E-state index in [9.17, 15) is 13.2 Å². The number of nitrogens with zero attached hydrogens (tertiary/aromatic N) is 5. The third-order valence-corrected chi connectivity index (χ3v) is 4.46. The number of aromatic nitrogens is 4. The monoisotopic (exact) mass is 377 g/mol. The van der Waals surface area contributed by atoms with Crippen molar-refractivity contribution < 1.29 is 17.9 Å². The zero-order valence-corrected chi connectivity index (χ0v) is 14.8. The van der Waals surface area contributed by atoms with Gasteiger partial charge in [-0.3, -0.25) is 0 Å². The lowest BCUT2D eigenvalue weighted by atomic mass is 10.1. The molecule has 2 atom stereocenters. The van der Waals surface area contributed by atoms with Crippen LogP contribution in [0.1, 0.15) is 19.4 Å². The minimum absolute atomic E-state index is 0.0848. The summed E-state index contributed by atoms with van der Waals surface area (Å²) >= 11 is 0. The van der Waals surface area contributed by atoms with Crippen molar-refractivity contribution in [3.63, 3.8) is 0 Å². The van der Waals surface area contributed by atoms with Gasteiger partial charge in [0.15, 0.2) is 11.5 Å². The first kappa shape index (κ1) is 17.7. The Labute approximate surface area is 153 Å². The van der Waals surface area contributed by atoms with Crippen molar-refractivity contribution >= 4 is 11.5 Å². The lowest BCUT2D eigenvalue weighted by Crippen LogP contribution is -2.46. The number of rotatable bonds is 2. The summed E-state index contributed by atoms with van der Waals surface area (Å²) in [4.78, 5) is 2.12. The second-order valence-electron chi connectivity index (χ2n) is 6.72. The quantitative estimate of drug-likeness (QED) is 0.685. The van der Waals surface area contributed by atoms with E-state index in [0.717, 1.165) is 18.0 Å². The van der Waals surface area contributed by atoms with Crippen LogP contribution in [-0.4, -0.2) is 45.1 Å². The maximum absolute atomic E-state index is 12.8. The molecule has 0 bridgehead atoms. The van der Waals surface area contributed by atoms with Crippen LogP contribution < -0.4 is 4.90 Å². The first-order valence-electron chi connectivity index (χ1n) is 8.62. The number of hydrogen-bond acceptors (Lipinski definition) is 5. The van der Waals surface area contributed by atoms with Gasteiger partial charge in [-0.2, -0.15) is 17.7 Å². The Morgan fingerprint density at radius 1 is 0.963 bits per heavy atom. The second kappa shape index (κ2) is 6.49. The van der Waals surface area contributed by atoms with Gasteiger partial charge in [0, 0.05) is 18.7 Å². The van der Waals surface area contributed by atoms with Crippen molar-refractivity contribution in [2.75, 3.05) is 18.0 Å². The summed E-state index contributed by atoms with van der Waals surface area (Å²) in [5.41, 5.74) is 0.344. The number of hydrogen-bond donors (Lipinski definition) is 0. The van der Waals surface area contributed by atoms with Crippen molar-refractivity contribution in [1.29, 1.82) is 0 Å². The zero-order chi connectivity index (χ0) is 19.2. The zero-order valence-electron chi connectivity index (χ0n) is 14.8. The molecule has 3 heterocycles. The maximum Gasteiger partial charge on any atom is 0.416 e. The molecule has 27 heavy (non-hydrogen) atoms. The topological polar surface area (TPSA) is 55.6 Å². The summed E-state index contributed by atoms with van der Waals surface area (Å²) in [6.45, 7) is 5.43. The highest BCUT2D eigenvalue weighted by atomic mass is 19.4. The van der Waals surface area contributed by atoms with Crippen molar-refractivity contribution in [3.05, 3.63) is 42.0 Å². The van der Waals surface area contributed by atoms with E-state index in [1.165, 1.54) is 12.1 Å². The molecule has 4 rings (SSSR count). The van der Waals surface area contributed by atoms with Gasteiger partial charge in [0.25, 0.3) is 0 Å². The first-order valence-corrected chi connectivity index (χ1v) is 8.62. The van der Waals surface area contributed by atoms with E-state index in [4.69, 9.17) is 4.74 Å². The minimum atomic E-state index is -4.37. The lowest BCUT2D eigenvalue weighted by molar-refractivity contribution is -0.137. The number of benzene rings is 1. The summed E-state index contributed by atoms with van der Waals surface area (Å²) in [6, 6.07) is 8.50. The average molecular weight is 377 g/mol. The van der Waals surface area contributed by atoms with Crippen LogP contribution in [0, 0.1) is 0 Å². The summed E-state index contributed by atoms with van der Waals surface area (Å²) in [7, 11) is 0. The molecule has 1 aromatic carbocycles. The van der Waals surface area contributed by atoms with Gasteiger partial charge in [-0.15, -0.1) is 15.3 Å². The molecule has 0 saturated carbocycles. The molecular weight excluding hydrogens is 359 g/mol. The smallest absolute Gasteiger partial charge is 0.372 e. The Bertz CT molecular complexity index is 944. The average Bonchev–Trinajstić information content (AvgIpc) is 3.03. The van der Waals surface area contributed by atoms with E-state index >= 15 is 0 Å². The molecule has 0 N–H and O–H groups in total. The Balaban J connectivity index is 1.70. The van der Waals surface area contributed by atoms with E-state index in [-0.39, 0.29) is 12.2 Å². The molecule has 0 spiro atoms. The standard InChI is InChI=1S/C18H18F3N5O/c1-11-9-25(10-12(2)27-11)16-8-7-15-22-23-17(26(15)24-16)13-3-5-14(6-4-13)18(19,20)21/h3-8,11-12H,9-10H2,1-2H3/t11-,12+. The van der Waals surface area contributed by atoms with Crippen LogP contribution in [0.2, 0.25) is 0 Å². The predicted octanol–water partition coefficient (Wildman–Crippen LogP) is 3.42. The van der Waals surface area contributed by atoms with E-state index in [1.807, 2.05) is 19.9 Å². The number of morpholine rings is 1. The summed E-state index contributed by atoms with van der Waals surface area (Å²) in [6.07, 6.45) is -4.20. The fourth-order valence-corrected chi connectivity index (χ4v) is 3.30. The predicted molar refractivity (Wildman–Crippen MR) is 93.4 cm³/mol. The highest BCUT2D eigenvalue weighted by Gasteiger charge is 2.30. The SMILES string of the molecule is C[C@@H]1CN(c2ccc3nnc(-c4ccc(C(F)(F)F)cc4)n3n2)C[C@H](C)O1. The highest BCUT2D eigenvalue weighted by molar-refractivity contribution is 5.60. The molecule has 1 aliphatic heterocycles. The van der Waals surface area contributed by atoms with Crippen molar-refractivity contribution in [3.8, 4) is 11.4 Å². The van der Waals surface area contributed by atoms with Crippen LogP contribution in [0.5, 0.6) is 0 Å². The van der Waals surface area contributed by atoms with Crippen LogP contribution in [-0.2, 0) is 10.9 Å². The van der Waals surface area contributed by atoms with Gasteiger partial charge in [-0.25, -0.2) is 0 Å². The summed E-state index contributed by atoms with van der Waals surface area (Å²) < 4.78 is 45.6. The normalized spacial score (nSPS) is 21.0. The van der Waals surface area contributed by atoms with Crippen LogP contribution in [0.15, 0.2) is 36.4 Å². The minimum Gasteiger partial charge on any atom is -0.372 e. The van der Waals surface area contributed by atoms with Crippen LogP contribution in [0.3, 0.4) is 0 Å². The van der Waals surface area contributed by atoms with E-state index in [2.05, 4.69) is 20.2 Å². The molecule has 3 aromatic rings. The highest BCUT2D eigenvalue weighted by Crippen LogP contribution is 2.30. The van der Waals surface area contributed by atoms with Crippen molar-refractivity contribution in [2.24, 2.45) is 0 Å². The third kappa shape index (κ3) is 3.46. The van der Waals surface area contributed by atoms with Gasteiger partial charge in [0.1, 0.15) is 5.82 Å². The van der Waals surface area contributed by atoms with Crippen LogP contribution in [0.4, 0.5) is 19.0 Å². The van der Waals surface area contributed by atoms with Gasteiger partial charge in [-0.05, 0) is 38.1 Å². The summed E-state index contributed by atoms with van der Waals surface area (Å²) in [5, 5.41) is 12.8. The molecule has 0 radical (unpaired) electrons. The fraction of sp³-hybridized carbons (Fsp3) is 0.389. The van der Waals surface area contributed by atoms with E-state index in [0.29, 0.717) is 30.1 Å². The van der Waals surface area contributed by atoms with Gasteiger partial charge in [0.05, 0.1) is 17.8 Å². The second-order valence-corrected chi connectivity index (χ2v) is 6.72. The fourth-order valence-electron chi connectivity index (χ4n) is 3.30. The van der Waals surface area contributed by atoms with Crippen molar-refractivity contribution in [2.45, 2.75) is 32.2 Å². The Kier molecular flexibility index (Phi) is 4.26. The molecule has 1 fully saturated rings. The third-order valence-electron chi connectivity index (χ3n) is 4.46. The number of fused-ring (bicyclic) bond motifs is 1. The van der Waals surface area contributed by atoms with E-state index in [1.54, 1.807) is 10.6 Å². The molecule has 9 heteroatoms. The molecule has 0 unspecified atom stereocenters. The number of anilines is 1. The molecule has 1 saturated heterocycles. The maximum atomic E-state index is 12.8. The largest absolute Gasteiger partial charge is 0.416 e. The first-order chi connectivity index (χ1) is 12.8.